The fourth-order valence-electron chi connectivity index (χ4n) is 3.30. The summed E-state index contributed by atoms with van der Waals surface area (Å²) in [4.78, 5) is 2.43. The van der Waals surface area contributed by atoms with E-state index in [9.17, 15) is 5.26 Å². The first kappa shape index (κ1) is 15.6. The third-order valence-corrected chi connectivity index (χ3v) is 4.82. The van der Waals surface area contributed by atoms with Gasteiger partial charge in [0.25, 0.3) is 0 Å². The molecule has 0 atom stereocenters. The summed E-state index contributed by atoms with van der Waals surface area (Å²) < 4.78 is 5.20. The first-order chi connectivity index (χ1) is 11.3. The van der Waals surface area contributed by atoms with Gasteiger partial charge in [0.15, 0.2) is 0 Å². The molecular weight excluding hydrogens is 284 g/mol. The van der Waals surface area contributed by atoms with Gasteiger partial charge >= 0.3 is 0 Å². The number of benzene rings is 2. The third-order valence-electron chi connectivity index (χ3n) is 4.82. The highest BCUT2D eigenvalue weighted by Crippen LogP contribution is 2.35. The quantitative estimate of drug-likeness (QED) is 0.863. The van der Waals surface area contributed by atoms with Gasteiger partial charge in [-0.1, -0.05) is 42.5 Å². The smallest absolute Gasteiger partial charge is 0.118 e. The molecule has 3 nitrogen and oxygen atoms in total. The Morgan fingerprint density at radius 2 is 1.70 bits per heavy atom. The molecule has 3 heteroatoms. The summed E-state index contributed by atoms with van der Waals surface area (Å²) in [5.74, 6) is 0.889. The molecule has 0 saturated carbocycles. The summed E-state index contributed by atoms with van der Waals surface area (Å²) in [5, 5.41) is 9.75. The van der Waals surface area contributed by atoms with E-state index in [1.807, 2.05) is 30.3 Å². The summed E-state index contributed by atoms with van der Waals surface area (Å²) in [6.07, 6.45) is 1.79. The average Bonchev–Trinajstić information content (AvgIpc) is 2.64. The lowest BCUT2D eigenvalue weighted by Crippen LogP contribution is -2.41. The molecule has 1 fully saturated rings. The van der Waals surface area contributed by atoms with E-state index in [0.717, 1.165) is 43.8 Å². The third kappa shape index (κ3) is 3.38. The van der Waals surface area contributed by atoms with Crippen molar-refractivity contribution >= 4 is 0 Å². The molecule has 1 saturated heterocycles. The van der Waals surface area contributed by atoms with Gasteiger partial charge in [0.2, 0.25) is 0 Å². The maximum Gasteiger partial charge on any atom is 0.118 e. The van der Waals surface area contributed by atoms with Crippen LogP contribution in [0.5, 0.6) is 5.75 Å². The van der Waals surface area contributed by atoms with Gasteiger partial charge < -0.3 is 4.74 Å². The Morgan fingerprint density at radius 3 is 2.26 bits per heavy atom. The molecule has 118 valence electrons. The lowest BCUT2D eigenvalue weighted by molar-refractivity contribution is 0.179. The van der Waals surface area contributed by atoms with E-state index in [4.69, 9.17) is 4.74 Å². The highest BCUT2D eigenvalue weighted by atomic mass is 16.5. The second kappa shape index (κ2) is 6.85. The summed E-state index contributed by atoms with van der Waals surface area (Å²) in [6.45, 7) is 2.84. The van der Waals surface area contributed by atoms with Crippen LogP contribution in [0, 0.1) is 11.3 Å². The number of nitriles is 1. The largest absolute Gasteiger partial charge is 0.497 e. The predicted octanol–water partition coefficient (Wildman–Crippen LogP) is 3.75. The van der Waals surface area contributed by atoms with Crippen LogP contribution in [0.1, 0.15) is 24.0 Å². The Labute approximate surface area is 138 Å². The highest BCUT2D eigenvalue weighted by molar-refractivity contribution is 5.33. The second-order valence-corrected chi connectivity index (χ2v) is 6.18. The van der Waals surface area contributed by atoms with Gasteiger partial charge in [-0.3, -0.25) is 4.90 Å². The summed E-state index contributed by atoms with van der Waals surface area (Å²) in [7, 11) is 1.69. The van der Waals surface area contributed by atoms with Gasteiger partial charge in [0, 0.05) is 19.6 Å². The van der Waals surface area contributed by atoms with E-state index in [1.54, 1.807) is 7.11 Å². The minimum absolute atomic E-state index is 0.322. The fourth-order valence-corrected chi connectivity index (χ4v) is 3.30. The minimum Gasteiger partial charge on any atom is -0.497 e. The zero-order valence-corrected chi connectivity index (χ0v) is 13.5. The van der Waals surface area contributed by atoms with E-state index < -0.39 is 0 Å². The van der Waals surface area contributed by atoms with Crippen LogP contribution in [0.15, 0.2) is 54.6 Å². The number of hydrogen-bond acceptors (Lipinski definition) is 3. The fraction of sp³-hybridized carbons (Fsp3) is 0.350. The van der Waals surface area contributed by atoms with Gasteiger partial charge in [0.05, 0.1) is 18.6 Å². The first-order valence-corrected chi connectivity index (χ1v) is 8.08. The molecule has 1 aliphatic rings. The number of rotatable bonds is 4. The zero-order valence-electron chi connectivity index (χ0n) is 13.5. The molecule has 1 heterocycles. The SMILES string of the molecule is COc1ccc(CN2CCC(C#N)(c3ccccc3)CC2)cc1. The molecule has 0 N–H and O–H groups in total. The molecule has 0 aliphatic carbocycles. The predicted molar refractivity (Wildman–Crippen MR) is 91.2 cm³/mol. The lowest BCUT2D eigenvalue weighted by Gasteiger charge is -2.37. The maximum atomic E-state index is 9.75. The zero-order chi connectivity index (χ0) is 16.1. The van der Waals surface area contributed by atoms with E-state index in [0.29, 0.717) is 0 Å². The molecule has 2 aromatic rings. The normalized spacial score (nSPS) is 17.4. The van der Waals surface area contributed by atoms with Crippen molar-refractivity contribution in [2.45, 2.75) is 24.8 Å². The minimum atomic E-state index is -0.322. The van der Waals surface area contributed by atoms with Crippen molar-refractivity contribution in [2.75, 3.05) is 20.2 Å². The van der Waals surface area contributed by atoms with Crippen molar-refractivity contribution in [3.05, 3.63) is 65.7 Å². The molecule has 0 aromatic heterocycles. The van der Waals surface area contributed by atoms with Crippen molar-refractivity contribution < 1.29 is 4.74 Å². The van der Waals surface area contributed by atoms with E-state index in [2.05, 4.69) is 35.2 Å². The van der Waals surface area contributed by atoms with Gasteiger partial charge in [-0.2, -0.15) is 5.26 Å². The Bertz CT molecular complexity index is 665. The number of methoxy groups -OCH3 is 1. The molecule has 2 aromatic carbocycles. The van der Waals surface area contributed by atoms with Crippen LogP contribution in [-0.2, 0) is 12.0 Å². The summed E-state index contributed by atoms with van der Waals surface area (Å²) in [6, 6.07) is 21.1. The molecular formula is C20H22N2O. The highest BCUT2D eigenvalue weighted by Gasteiger charge is 2.36. The van der Waals surface area contributed by atoms with Crippen molar-refractivity contribution in [2.24, 2.45) is 0 Å². The van der Waals surface area contributed by atoms with E-state index in [-0.39, 0.29) is 5.41 Å². The Morgan fingerprint density at radius 1 is 1.04 bits per heavy atom. The molecule has 23 heavy (non-hydrogen) atoms. The van der Waals surface area contributed by atoms with Crippen molar-refractivity contribution in [1.29, 1.82) is 5.26 Å². The summed E-state index contributed by atoms with van der Waals surface area (Å²) in [5.41, 5.74) is 2.12. The van der Waals surface area contributed by atoms with Crippen LogP contribution >= 0.6 is 0 Å². The standard InChI is InChI=1S/C20H22N2O/c1-23-19-9-7-17(8-10-19)15-22-13-11-20(16-21,12-14-22)18-5-3-2-4-6-18/h2-10H,11-15H2,1H3. The van der Waals surface area contributed by atoms with Crippen LogP contribution < -0.4 is 4.74 Å². The van der Waals surface area contributed by atoms with E-state index >= 15 is 0 Å². The number of ether oxygens (including phenoxy) is 1. The number of likely N-dealkylation sites (tertiary alicyclic amines) is 1. The first-order valence-electron chi connectivity index (χ1n) is 8.08. The monoisotopic (exact) mass is 306 g/mol. The van der Waals surface area contributed by atoms with Crippen molar-refractivity contribution in [3.8, 4) is 11.8 Å². The lowest BCUT2D eigenvalue weighted by atomic mass is 9.74. The Balaban J connectivity index is 1.64. The number of hydrogen-bond donors (Lipinski definition) is 0. The topological polar surface area (TPSA) is 36.3 Å². The molecule has 0 unspecified atom stereocenters. The molecule has 0 spiro atoms. The van der Waals surface area contributed by atoms with Crippen LogP contribution in [0.4, 0.5) is 0 Å². The van der Waals surface area contributed by atoms with Gasteiger partial charge in [-0.05, 0) is 36.1 Å². The average molecular weight is 306 g/mol. The van der Waals surface area contributed by atoms with Crippen LogP contribution in [0.25, 0.3) is 0 Å². The number of nitrogens with zero attached hydrogens (tertiary/aromatic N) is 2. The van der Waals surface area contributed by atoms with Gasteiger partial charge in [-0.25, -0.2) is 0 Å². The second-order valence-electron chi connectivity index (χ2n) is 6.18. The Kier molecular flexibility index (Phi) is 4.64. The molecule has 3 rings (SSSR count). The molecule has 0 radical (unpaired) electrons. The molecule has 0 bridgehead atoms. The number of piperidine rings is 1. The van der Waals surface area contributed by atoms with Crippen molar-refractivity contribution in [1.82, 2.24) is 4.90 Å². The maximum absolute atomic E-state index is 9.75. The Hall–Kier alpha value is -2.31. The van der Waals surface area contributed by atoms with Crippen LogP contribution in [-0.4, -0.2) is 25.1 Å². The van der Waals surface area contributed by atoms with Gasteiger partial charge in [0.1, 0.15) is 5.75 Å². The van der Waals surface area contributed by atoms with E-state index in [1.165, 1.54) is 5.56 Å². The molecule has 1 aliphatic heterocycles. The van der Waals surface area contributed by atoms with Crippen LogP contribution in [0.3, 0.4) is 0 Å². The van der Waals surface area contributed by atoms with Gasteiger partial charge in [-0.15, -0.1) is 0 Å². The summed E-state index contributed by atoms with van der Waals surface area (Å²) >= 11 is 0. The van der Waals surface area contributed by atoms with Crippen molar-refractivity contribution in [3.63, 3.8) is 0 Å². The van der Waals surface area contributed by atoms with Crippen LogP contribution in [0.2, 0.25) is 0 Å². The molecule has 0 amide bonds.